The second kappa shape index (κ2) is 6.57. The zero-order valence-corrected chi connectivity index (χ0v) is 11.7. The molecule has 1 fully saturated rings. The Kier molecular flexibility index (Phi) is 4.80. The maximum absolute atomic E-state index is 12.3. The fraction of sp³-hybridized carbons (Fsp3) is 0.533. The third kappa shape index (κ3) is 3.47. The van der Waals surface area contributed by atoms with E-state index in [4.69, 9.17) is 4.74 Å². The highest BCUT2D eigenvalue weighted by molar-refractivity contribution is 5.94. The Hall–Kier alpha value is -1.55. The molecule has 0 aromatic heterocycles. The van der Waals surface area contributed by atoms with Crippen molar-refractivity contribution in [3.8, 4) is 5.75 Å². The molecule has 1 aromatic carbocycles. The van der Waals surface area contributed by atoms with Gasteiger partial charge in [-0.3, -0.25) is 4.79 Å². The quantitative estimate of drug-likeness (QED) is 0.854. The summed E-state index contributed by atoms with van der Waals surface area (Å²) >= 11 is 0. The van der Waals surface area contributed by atoms with Crippen molar-refractivity contribution in [3.63, 3.8) is 0 Å². The van der Waals surface area contributed by atoms with Crippen LogP contribution in [0, 0.1) is 0 Å². The van der Waals surface area contributed by atoms with Crippen LogP contribution in [0.15, 0.2) is 24.3 Å². The van der Waals surface area contributed by atoms with Gasteiger partial charge in [-0.15, -0.1) is 0 Å². The molecule has 0 bridgehead atoms. The number of nitrogens with one attached hydrogen (secondary N) is 2. The molecule has 104 valence electrons. The number of likely N-dealkylation sites (tertiary alicyclic amines) is 1. The lowest BCUT2D eigenvalue weighted by atomic mass is 10.1. The van der Waals surface area contributed by atoms with Crippen molar-refractivity contribution in [3.05, 3.63) is 24.3 Å². The first-order chi connectivity index (χ1) is 9.22. The van der Waals surface area contributed by atoms with E-state index in [9.17, 15) is 4.79 Å². The van der Waals surface area contributed by atoms with Crippen LogP contribution in [0.1, 0.15) is 26.2 Å². The Bertz CT molecular complexity index is 428. The molecular formula is C15H23N2O2+. The van der Waals surface area contributed by atoms with Crippen molar-refractivity contribution in [2.24, 2.45) is 0 Å². The molecule has 4 nitrogen and oxygen atoms in total. The number of anilines is 1. The van der Waals surface area contributed by atoms with E-state index in [1.54, 1.807) is 7.11 Å². The van der Waals surface area contributed by atoms with E-state index >= 15 is 0 Å². The van der Waals surface area contributed by atoms with Crippen molar-refractivity contribution in [2.75, 3.05) is 25.5 Å². The molecule has 1 aliphatic heterocycles. The summed E-state index contributed by atoms with van der Waals surface area (Å²) in [7, 11) is 1.62. The van der Waals surface area contributed by atoms with E-state index in [-0.39, 0.29) is 11.9 Å². The van der Waals surface area contributed by atoms with Crippen LogP contribution < -0.4 is 15.0 Å². The first kappa shape index (κ1) is 13.9. The summed E-state index contributed by atoms with van der Waals surface area (Å²) in [6, 6.07) is 7.51. The van der Waals surface area contributed by atoms with Gasteiger partial charge >= 0.3 is 0 Å². The third-order valence-corrected chi connectivity index (χ3v) is 3.87. The molecule has 1 heterocycles. The van der Waals surface area contributed by atoms with Crippen molar-refractivity contribution in [2.45, 2.75) is 32.2 Å². The number of amides is 1. The van der Waals surface area contributed by atoms with E-state index in [1.165, 1.54) is 24.2 Å². The minimum atomic E-state index is -0.00906. The van der Waals surface area contributed by atoms with Crippen LogP contribution in [0.25, 0.3) is 0 Å². The summed E-state index contributed by atoms with van der Waals surface area (Å²) in [5, 5.41) is 2.97. The molecule has 1 aliphatic rings. The van der Waals surface area contributed by atoms with Gasteiger partial charge in [-0.05, 0) is 38.3 Å². The summed E-state index contributed by atoms with van der Waals surface area (Å²) in [5.41, 5.74) is 0.748. The molecule has 1 aromatic rings. The first-order valence-corrected chi connectivity index (χ1v) is 7.01. The minimum absolute atomic E-state index is 0.00906. The van der Waals surface area contributed by atoms with Crippen molar-refractivity contribution < 1.29 is 14.4 Å². The third-order valence-electron chi connectivity index (χ3n) is 3.87. The summed E-state index contributed by atoms with van der Waals surface area (Å²) in [4.78, 5) is 13.7. The van der Waals surface area contributed by atoms with Crippen molar-refractivity contribution >= 4 is 11.6 Å². The zero-order valence-electron chi connectivity index (χ0n) is 11.7. The molecule has 2 N–H and O–H groups in total. The fourth-order valence-electron chi connectivity index (χ4n) is 2.61. The zero-order chi connectivity index (χ0) is 13.7. The number of carbonyl (C=O) groups excluding carboxylic acids is 1. The number of carbonyl (C=O) groups is 1. The number of para-hydroxylation sites is 2. The van der Waals surface area contributed by atoms with Gasteiger partial charge in [0.2, 0.25) is 0 Å². The topological polar surface area (TPSA) is 42.8 Å². The Labute approximate surface area is 114 Å². The molecule has 4 heteroatoms. The molecule has 1 amide bonds. The lowest BCUT2D eigenvalue weighted by Gasteiger charge is -2.28. The lowest BCUT2D eigenvalue weighted by molar-refractivity contribution is -0.918. The van der Waals surface area contributed by atoms with Gasteiger partial charge in [0.05, 0.1) is 25.9 Å². The van der Waals surface area contributed by atoms with Crippen molar-refractivity contribution in [1.29, 1.82) is 0 Å². The lowest BCUT2D eigenvalue weighted by Crippen LogP contribution is -3.17. The SMILES string of the molecule is COc1ccccc1NC(=O)[C@@H](C)[NH+]1CCCCC1. The van der Waals surface area contributed by atoms with E-state index in [0.717, 1.165) is 18.8 Å². The number of hydrogen-bond donors (Lipinski definition) is 2. The van der Waals surface area contributed by atoms with Gasteiger partial charge < -0.3 is 15.0 Å². The molecule has 2 rings (SSSR count). The fourth-order valence-corrected chi connectivity index (χ4v) is 2.61. The highest BCUT2D eigenvalue weighted by atomic mass is 16.5. The van der Waals surface area contributed by atoms with E-state index in [1.807, 2.05) is 31.2 Å². The molecule has 0 unspecified atom stereocenters. The smallest absolute Gasteiger partial charge is 0.282 e. The van der Waals surface area contributed by atoms with Crippen LogP contribution in [0.5, 0.6) is 5.75 Å². The van der Waals surface area contributed by atoms with Gasteiger partial charge in [0.25, 0.3) is 5.91 Å². The number of hydrogen-bond acceptors (Lipinski definition) is 2. The van der Waals surface area contributed by atoms with Gasteiger partial charge in [-0.25, -0.2) is 0 Å². The van der Waals surface area contributed by atoms with Crippen molar-refractivity contribution in [1.82, 2.24) is 0 Å². The number of rotatable bonds is 4. The Morgan fingerprint density at radius 2 is 1.95 bits per heavy atom. The standard InChI is InChI=1S/C15H22N2O2/c1-12(17-10-6-3-7-11-17)15(18)16-13-8-4-5-9-14(13)19-2/h4-5,8-9,12H,3,6-7,10-11H2,1-2H3,(H,16,18)/p+1/t12-/m1/s1. The van der Waals surface area contributed by atoms with E-state index < -0.39 is 0 Å². The van der Waals surface area contributed by atoms with Crippen LogP contribution in [-0.4, -0.2) is 32.1 Å². The van der Waals surface area contributed by atoms with Gasteiger partial charge in [0.1, 0.15) is 5.75 Å². The molecule has 19 heavy (non-hydrogen) atoms. The molecule has 0 saturated carbocycles. The Balaban J connectivity index is 1.99. The van der Waals surface area contributed by atoms with E-state index in [0.29, 0.717) is 5.75 Å². The summed E-state index contributed by atoms with van der Waals surface area (Å²) in [6.07, 6.45) is 3.74. The minimum Gasteiger partial charge on any atom is -0.495 e. The van der Waals surface area contributed by atoms with Crippen LogP contribution >= 0.6 is 0 Å². The van der Waals surface area contributed by atoms with Crippen LogP contribution in [0.3, 0.4) is 0 Å². The maximum atomic E-state index is 12.3. The predicted octanol–water partition coefficient (Wildman–Crippen LogP) is 1.09. The molecule has 0 radical (unpaired) electrons. The van der Waals surface area contributed by atoms with Gasteiger partial charge in [-0.1, -0.05) is 12.1 Å². The average Bonchev–Trinajstić information content (AvgIpc) is 2.48. The number of benzene rings is 1. The monoisotopic (exact) mass is 263 g/mol. The Morgan fingerprint density at radius 3 is 2.63 bits per heavy atom. The predicted molar refractivity (Wildman–Crippen MR) is 75.6 cm³/mol. The van der Waals surface area contributed by atoms with Gasteiger partial charge in [0, 0.05) is 0 Å². The number of ether oxygens (including phenoxy) is 1. The highest BCUT2D eigenvalue weighted by Crippen LogP contribution is 2.22. The van der Waals surface area contributed by atoms with Crippen LogP contribution in [0.2, 0.25) is 0 Å². The summed E-state index contributed by atoms with van der Waals surface area (Å²) < 4.78 is 5.25. The van der Waals surface area contributed by atoms with Crippen LogP contribution in [-0.2, 0) is 4.79 Å². The highest BCUT2D eigenvalue weighted by Gasteiger charge is 2.26. The normalized spacial score (nSPS) is 17.8. The maximum Gasteiger partial charge on any atom is 0.282 e. The second-order valence-electron chi connectivity index (χ2n) is 5.13. The number of quaternary nitrogens is 1. The number of piperidine rings is 1. The van der Waals surface area contributed by atoms with Gasteiger partial charge in [-0.2, -0.15) is 0 Å². The van der Waals surface area contributed by atoms with E-state index in [2.05, 4.69) is 5.32 Å². The summed E-state index contributed by atoms with van der Waals surface area (Å²) in [5.74, 6) is 0.776. The Morgan fingerprint density at radius 1 is 1.26 bits per heavy atom. The number of methoxy groups -OCH3 is 1. The van der Waals surface area contributed by atoms with Gasteiger partial charge in [0.15, 0.2) is 6.04 Å². The molecule has 1 saturated heterocycles. The molecule has 0 spiro atoms. The average molecular weight is 263 g/mol. The first-order valence-electron chi connectivity index (χ1n) is 7.01. The molecular weight excluding hydrogens is 240 g/mol. The second-order valence-corrected chi connectivity index (χ2v) is 5.13. The summed E-state index contributed by atoms with van der Waals surface area (Å²) in [6.45, 7) is 4.20. The largest absolute Gasteiger partial charge is 0.495 e. The molecule has 1 atom stereocenters. The molecule has 0 aliphatic carbocycles. The van der Waals surface area contributed by atoms with Crippen LogP contribution in [0.4, 0.5) is 5.69 Å².